The third kappa shape index (κ3) is 5.32. The Morgan fingerprint density at radius 3 is 0.925 bits per heavy atom. The molecule has 16 heteroatoms. The van der Waals surface area contributed by atoms with Gasteiger partial charge in [-0.25, -0.2) is 65.9 Å². The van der Waals surface area contributed by atoms with Gasteiger partial charge in [-0.3, -0.25) is 0 Å². The van der Waals surface area contributed by atoms with Crippen LogP contribution in [0.2, 0.25) is 17.5 Å². The summed E-state index contributed by atoms with van der Waals surface area (Å²) in [6, 6.07) is 0. The Kier molecular flexibility index (Phi) is 9.54. The first-order valence-electron chi connectivity index (χ1n) is 13.2. The quantitative estimate of drug-likeness (QED) is 0.228. The van der Waals surface area contributed by atoms with Gasteiger partial charge in [0.15, 0.2) is 37.6 Å². The highest BCUT2D eigenvalue weighted by Gasteiger charge is 2.68. The van der Waals surface area contributed by atoms with Crippen molar-refractivity contribution in [3.63, 3.8) is 0 Å². The first-order valence-corrected chi connectivity index (χ1v) is 13.2. The molecular formula is C24H28BF15. The molecule has 0 aromatic carbocycles. The second-order valence-corrected chi connectivity index (χ2v) is 11.7. The number of hydrogen-bond donors (Lipinski definition) is 0. The zero-order chi connectivity index (χ0) is 30.0. The molecule has 0 bridgehead atoms. The van der Waals surface area contributed by atoms with Crippen LogP contribution in [0.15, 0.2) is 0 Å². The van der Waals surface area contributed by atoms with Gasteiger partial charge in [-0.15, -0.1) is 0 Å². The predicted octanol–water partition coefficient (Wildman–Crippen LogP) is 7.51. The number of rotatable bonds is 4. The van der Waals surface area contributed by atoms with Gasteiger partial charge < -0.3 is 0 Å². The fraction of sp³-hybridized carbons (Fsp3) is 1.00. The highest BCUT2D eigenvalue weighted by molar-refractivity contribution is 6.65. The van der Waals surface area contributed by atoms with E-state index in [9.17, 15) is 30.7 Å². The number of hydrogen-bond acceptors (Lipinski definition) is 0. The summed E-state index contributed by atoms with van der Waals surface area (Å²) in [6.45, 7) is -2.63. The van der Waals surface area contributed by atoms with Gasteiger partial charge in [0, 0.05) is 49.2 Å². The monoisotopic (exact) mass is 612 g/mol. The van der Waals surface area contributed by atoms with E-state index in [1.165, 1.54) is 0 Å². The van der Waals surface area contributed by atoms with Gasteiger partial charge in [0.05, 0.1) is 0 Å². The van der Waals surface area contributed by atoms with Gasteiger partial charge in [0.2, 0.25) is 0 Å². The molecule has 14 atom stereocenters. The summed E-state index contributed by atoms with van der Waals surface area (Å²) in [5.74, 6) is -14.0. The van der Waals surface area contributed by atoms with Crippen LogP contribution in [0, 0.1) is 11.8 Å². The maximum absolute atomic E-state index is 15.7. The average molecular weight is 612 g/mol. The Morgan fingerprint density at radius 2 is 0.575 bits per heavy atom. The lowest BCUT2D eigenvalue weighted by Gasteiger charge is -2.54. The van der Waals surface area contributed by atoms with Gasteiger partial charge in [0.1, 0.15) is 61.7 Å². The molecule has 0 aromatic rings. The van der Waals surface area contributed by atoms with Gasteiger partial charge in [0.25, 0.3) is 0 Å². The minimum absolute atomic E-state index is 1.13. The van der Waals surface area contributed by atoms with E-state index < -0.39 is 154 Å². The maximum atomic E-state index is 15.7. The standard InChI is InChI=1S/C24H28BF15/c26-5-1-7(28)13(8(29)2-5)25(14-9(30)3-6(27)4-10(14)31)15-11(16(32)20(36)23(39)19(15)35)12-17(33)21(37)24(40)22(38)18(12)34/h5-24H,1-4H2/t5?,6?,7-,8-,9-,10-,11+,12?,13?,14?,15?,16+,17+,18+,19+,20?,21+,22+,23+,24?/m1/s1. The first kappa shape index (κ1) is 31.9. The van der Waals surface area contributed by atoms with Crippen LogP contribution in [0.4, 0.5) is 65.9 Å². The zero-order valence-corrected chi connectivity index (χ0v) is 20.6. The Bertz CT molecular complexity index is 787. The molecule has 4 rings (SSSR count). The molecule has 0 N–H and O–H groups in total. The highest BCUT2D eigenvalue weighted by atomic mass is 19.2. The summed E-state index contributed by atoms with van der Waals surface area (Å²) in [5.41, 5.74) is 0. The minimum atomic E-state index is -3.54. The van der Waals surface area contributed by atoms with Crippen molar-refractivity contribution in [1.82, 2.24) is 0 Å². The summed E-state index contributed by atoms with van der Waals surface area (Å²) in [7, 11) is 0. The van der Waals surface area contributed by atoms with Crippen LogP contribution in [0.25, 0.3) is 0 Å². The molecule has 4 aliphatic carbocycles. The Hall–Kier alpha value is -0.985. The van der Waals surface area contributed by atoms with Crippen LogP contribution < -0.4 is 0 Å². The maximum Gasteiger partial charge on any atom is 0.168 e. The topological polar surface area (TPSA) is 0 Å². The summed E-state index contributed by atoms with van der Waals surface area (Å²) in [5, 5.41) is 0. The van der Waals surface area contributed by atoms with Gasteiger partial charge in [-0.2, -0.15) is 0 Å². The fourth-order valence-corrected chi connectivity index (χ4v) is 7.68. The third-order valence-electron chi connectivity index (χ3n) is 9.42. The molecule has 0 radical (unpaired) electrons. The summed E-state index contributed by atoms with van der Waals surface area (Å²) in [6.07, 6.45) is -51.2. The number of alkyl halides is 15. The molecule has 0 saturated heterocycles. The Labute approximate surface area is 220 Å². The van der Waals surface area contributed by atoms with Gasteiger partial charge in [-0.05, 0) is 5.82 Å². The van der Waals surface area contributed by atoms with Crippen LogP contribution in [-0.4, -0.2) is 99.3 Å². The van der Waals surface area contributed by atoms with Crippen molar-refractivity contribution in [2.45, 2.75) is 136 Å². The van der Waals surface area contributed by atoms with Crippen molar-refractivity contribution in [3.8, 4) is 0 Å². The fourth-order valence-electron chi connectivity index (χ4n) is 7.68. The molecule has 4 fully saturated rings. The van der Waals surface area contributed by atoms with E-state index in [4.69, 9.17) is 0 Å². The van der Waals surface area contributed by atoms with E-state index in [1.54, 1.807) is 0 Å². The van der Waals surface area contributed by atoms with Crippen LogP contribution in [0.5, 0.6) is 0 Å². The molecular weight excluding hydrogens is 584 g/mol. The molecule has 0 nitrogen and oxygen atoms in total. The molecule has 0 aromatic heterocycles. The lowest BCUT2D eigenvalue weighted by molar-refractivity contribution is -0.141. The molecule has 0 heterocycles. The van der Waals surface area contributed by atoms with Crippen LogP contribution in [-0.2, 0) is 0 Å². The second kappa shape index (κ2) is 12.0. The second-order valence-electron chi connectivity index (χ2n) is 11.7. The van der Waals surface area contributed by atoms with Crippen LogP contribution in [0.3, 0.4) is 0 Å². The lowest BCUT2D eigenvalue weighted by Crippen LogP contribution is -2.65. The van der Waals surface area contributed by atoms with Crippen molar-refractivity contribution in [1.29, 1.82) is 0 Å². The minimum Gasteiger partial charge on any atom is -0.248 e. The first-order chi connectivity index (χ1) is 18.6. The van der Waals surface area contributed by atoms with Crippen molar-refractivity contribution < 1.29 is 65.9 Å². The lowest BCUT2D eigenvalue weighted by atomic mass is 9.21. The van der Waals surface area contributed by atoms with Gasteiger partial charge >= 0.3 is 0 Å². The highest BCUT2D eigenvalue weighted by Crippen LogP contribution is 2.59. The van der Waals surface area contributed by atoms with E-state index in [1.807, 2.05) is 0 Å². The SMILES string of the molecule is FC1C[C@@H](F)C(B(C2[C@H](F)CC(F)C[C@H]2F)C2[C@H](C3[C@H](F)[C@H](F)C(F)[C@@H](F)[C@H]3F)[C@H](F)C(F)[C@@H](F)[C@H]2F)[C@H](F)C1. The van der Waals surface area contributed by atoms with E-state index in [2.05, 4.69) is 0 Å². The van der Waals surface area contributed by atoms with Gasteiger partial charge in [-0.1, -0.05) is 0 Å². The summed E-state index contributed by atoms with van der Waals surface area (Å²) < 4.78 is 222. The van der Waals surface area contributed by atoms with Crippen molar-refractivity contribution in [2.24, 2.45) is 11.8 Å². The third-order valence-corrected chi connectivity index (χ3v) is 9.42. The average Bonchev–Trinajstić information content (AvgIpc) is 2.86. The van der Waals surface area contributed by atoms with Crippen molar-refractivity contribution >= 4 is 6.71 Å². The van der Waals surface area contributed by atoms with Crippen molar-refractivity contribution in [2.75, 3.05) is 0 Å². The molecule has 232 valence electrons. The van der Waals surface area contributed by atoms with E-state index >= 15 is 35.1 Å². The molecule has 40 heavy (non-hydrogen) atoms. The largest absolute Gasteiger partial charge is 0.248 e. The predicted molar refractivity (Wildman–Crippen MR) is 116 cm³/mol. The Balaban J connectivity index is 1.89. The van der Waals surface area contributed by atoms with Crippen molar-refractivity contribution in [3.05, 3.63) is 0 Å². The smallest absolute Gasteiger partial charge is 0.168 e. The number of halogens is 15. The van der Waals surface area contributed by atoms with E-state index in [0.29, 0.717) is 0 Å². The van der Waals surface area contributed by atoms with E-state index in [0.717, 1.165) is 0 Å². The van der Waals surface area contributed by atoms with Crippen LogP contribution >= 0.6 is 0 Å². The van der Waals surface area contributed by atoms with E-state index in [-0.39, 0.29) is 0 Å². The molecule has 4 aliphatic rings. The molecule has 2 unspecified atom stereocenters. The molecule has 0 amide bonds. The summed E-state index contributed by atoms with van der Waals surface area (Å²) >= 11 is 0. The zero-order valence-electron chi connectivity index (χ0n) is 20.6. The Morgan fingerprint density at radius 1 is 0.300 bits per heavy atom. The summed E-state index contributed by atoms with van der Waals surface area (Å²) in [4.78, 5) is 0. The molecule has 0 spiro atoms. The molecule has 0 aliphatic heterocycles. The molecule has 4 saturated carbocycles. The normalized spacial score (nSPS) is 58.0. The van der Waals surface area contributed by atoms with Crippen LogP contribution in [0.1, 0.15) is 25.7 Å².